The minimum Gasteiger partial charge on any atom is -0.390 e. The summed E-state index contributed by atoms with van der Waals surface area (Å²) in [5.41, 5.74) is 1.90. The van der Waals surface area contributed by atoms with Crippen LogP contribution in [0.2, 0.25) is 0 Å². The van der Waals surface area contributed by atoms with Crippen molar-refractivity contribution >= 4 is 40.3 Å². The van der Waals surface area contributed by atoms with Crippen LogP contribution in [0.4, 0.5) is 0 Å². The summed E-state index contributed by atoms with van der Waals surface area (Å²) in [4.78, 5) is 50.6. The Morgan fingerprint density at radius 3 is 2.44 bits per heavy atom. The lowest BCUT2D eigenvalue weighted by Crippen LogP contribution is -2.60. The molecule has 54 heavy (non-hydrogen) atoms. The Balaban J connectivity index is 1.23. The highest BCUT2D eigenvalue weighted by molar-refractivity contribution is 7.99. The van der Waals surface area contributed by atoms with Gasteiger partial charge in [0, 0.05) is 53.6 Å². The Hall–Kier alpha value is -4.25. The molecule has 6 rings (SSSR count). The lowest BCUT2D eigenvalue weighted by Gasteiger charge is -2.47. The third-order valence-electron chi connectivity index (χ3n) is 10.9. The Morgan fingerprint density at radius 1 is 0.963 bits per heavy atom. The van der Waals surface area contributed by atoms with E-state index in [1.165, 1.54) is 12.8 Å². The second kappa shape index (κ2) is 17.5. The molecule has 5 atom stereocenters. The number of carbonyl (C=O) groups excluding carboxylic acids is 3. The molecule has 10 heteroatoms. The minimum absolute atomic E-state index is 0.00466. The predicted molar refractivity (Wildman–Crippen MR) is 216 cm³/mol. The number of thioether (sulfide) groups is 1. The summed E-state index contributed by atoms with van der Waals surface area (Å²) in [7, 11) is 1.72. The number of aliphatic hydroxyl groups excluding tert-OH is 1. The number of hydrogen-bond acceptors (Lipinski definition) is 7. The average Bonchev–Trinajstić information content (AvgIpc) is 3.15. The number of aliphatic hydroxyl groups is 1. The van der Waals surface area contributed by atoms with E-state index in [1.807, 2.05) is 58.0 Å². The maximum absolute atomic E-state index is 14.2. The molecule has 3 aromatic carbocycles. The van der Waals surface area contributed by atoms with Crippen molar-refractivity contribution in [2.75, 3.05) is 25.9 Å². The normalized spacial score (nSPS) is 20.1. The van der Waals surface area contributed by atoms with Crippen LogP contribution < -0.4 is 10.6 Å². The molecule has 0 bridgehead atoms. The standard InChI is InChI=1S/C44H55N5O4S/c1-29-17-18-33(43(53)48(5)26-35-16-10-11-21-45-35)23-37(29)41(51)46-38(28-54-36-20-19-30-12-6-7-13-31(30)22-36)40(50)27-49-25-34-15-9-8-14-32(34)24-39(49)42(52)47-44(2,3)4/h6-7,10-13,16-23,32,34,38-40,50H,8-9,14-15,24-28H2,1-5H3,(H,46,51)(H,47,52)/t32-,34+,38-,39-,40-/m0/s1. The van der Waals surface area contributed by atoms with Gasteiger partial charge in [-0.15, -0.1) is 11.8 Å². The number of piperidine rings is 1. The summed E-state index contributed by atoms with van der Waals surface area (Å²) >= 11 is 1.58. The van der Waals surface area contributed by atoms with Crippen LogP contribution in [0.25, 0.3) is 10.8 Å². The van der Waals surface area contributed by atoms with Crippen molar-refractivity contribution in [2.45, 2.75) is 95.0 Å². The largest absolute Gasteiger partial charge is 0.390 e. The molecular formula is C44H55N5O4S. The van der Waals surface area contributed by atoms with Crippen molar-refractivity contribution in [1.82, 2.24) is 25.4 Å². The van der Waals surface area contributed by atoms with Gasteiger partial charge < -0.3 is 20.6 Å². The van der Waals surface area contributed by atoms with Crippen LogP contribution in [-0.2, 0) is 11.3 Å². The average molecular weight is 750 g/mol. The van der Waals surface area contributed by atoms with E-state index in [0.29, 0.717) is 35.3 Å². The van der Waals surface area contributed by atoms with Crippen molar-refractivity contribution in [3.05, 3.63) is 107 Å². The van der Waals surface area contributed by atoms with Gasteiger partial charge in [-0.3, -0.25) is 24.3 Å². The molecule has 2 aliphatic rings. The smallest absolute Gasteiger partial charge is 0.253 e. The van der Waals surface area contributed by atoms with Crippen LogP contribution >= 0.6 is 11.8 Å². The molecule has 1 saturated heterocycles. The van der Waals surface area contributed by atoms with Crippen molar-refractivity contribution < 1.29 is 19.5 Å². The number of benzene rings is 3. The predicted octanol–water partition coefficient (Wildman–Crippen LogP) is 6.86. The van der Waals surface area contributed by atoms with Gasteiger partial charge in [0.15, 0.2) is 0 Å². The van der Waals surface area contributed by atoms with Crippen LogP contribution in [-0.4, -0.2) is 87.2 Å². The molecule has 4 aromatic rings. The van der Waals surface area contributed by atoms with Crippen molar-refractivity contribution in [3.63, 3.8) is 0 Å². The van der Waals surface area contributed by atoms with Crippen LogP contribution in [0.1, 0.15) is 84.8 Å². The van der Waals surface area contributed by atoms with Gasteiger partial charge in [0.2, 0.25) is 5.91 Å². The number of β-amino-alcohol motifs (C(OH)–C–C–N with tert-alkyl or cyclic N) is 1. The quantitative estimate of drug-likeness (QED) is 0.136. The molecule has 1 aliphatic heterocycles. The van der Waals surface area contributed by atoms with E-state index >= 15 is 0 Å². The molecule has 0 unspecified atom stereocenters. The summed E-state index contributed by atoms with van der Waals surface area (Å²) in [6, 6.07) is 24.3. The number of fused-ring (bicyclic) bond motifs is 2. The maximum atomic E-state index is 14.2. The first-order chi connectivity index (χ1) is 25.8. The molecule has 9 nitrogen and oxygen atoms in total. The third kappa shape index (κ3) is 10.1. The fraction of sp³-hybridized carbons (Fsp3) is 0.455. The fourth-order valence-electron chi connectivity index (χ4n) is 7.96. The molecule has 2 heterocycles. The first-order valence-corrected chi connectivity index (χ1v) is 20.3. The zero-order chi connectivity index (χ0) is 38.4. The minimum atomic E-state index is -0.957. The molecule has 0 spiro atoms. The summed E-state index contributed by atoms with van der Waals surface area (Å²) in [5.74, 6) is 0.824. The lowest BCUT2D eigenvalue weighted by atomic mass is 9.72. The highest BCUT2D eigenvalue weighted by Crippen LogP contribution is 2.39. The van der Waals surface area contributed by atoms with Gasteiger partial charge in [0.1, 0.15) is 0 Å². The van der Waals surface area contributed by atoms with Gasteiger partial charge in [-0.05, 0) is 105 Å². The van der Waals surface area contributed by atoms with Gasteiger partial charge in [0.25, 0.3) is 11.8 Å². The van der Waals surface area contributed by atoms with E-state index in [0.717, 1.165) is 52.7 Å². The van der Waals surface area contributed by atoms with E-state index in [1.54, 1.807) is 48.1 Å². The number of carbonyl (C=O) groups is 3. The molecule has 2 fully saturated rings. The Bertz CT molecular complexity index is 1930. The van der Waals surface area contributed by atoms with E-state index < -0.39 is 12.1 Å². The lowest BCUT2D eigenvalue weighted by molar-refractivity contribution is -0.132. The highest BCUT2D eigenvalue weighted by Gasteiger charge is 2.42. The van der Waals surface area contributed by atoms with Crippen LogP contribution in [0, 0.1) is 18.8 Å². The molecule has 1 saturated carbocycles. The summed E-state index contributed by atoms with van der Waals surface area (Å²) in [5, 5.41) is 20.7. The molecule has 1 aromatic heterocycles. The monoisotopic (exact) mass is 749 g/mol. The van der Waals surface area contributed by atoms with Crippen LogP contribution in [0.5, 0.6) is 0 Å². The summed E-state index contributed by atoms with van der Waals surface area (Å²) in [6.07, 6.45) is 6.18. The number of likely N-dealkylation sites (tertiary alicyclic amines) is 1. The van der Waals surface area contributed by atoms with Gasteiger partial charge in [-0.2, -0.15) is 0 Å². The van der Waals surface area contributed by atoms with Crippen LogP contribution in [0.15, 0.2) is 90.0 Å². The number of hydrogen-bond donors (Lipinski definition) is 3. The Morgan fingerprint density at radius 2 is 1.70 bits per heavy atom. The molecular weight excluding hydrogens is 695 g/mol. The molecule has 3 amide bonds. The third-order valence-corrected chi connectivity index (χ3v) is 12.0. The van der Waals surface area contributed by atoms with Crippen molar-refractivity contribution in [1.29, 1.82) is 0 Å². The highest BCUT2D eigenvalue weighted by atomic mass is 32.2. The Kier molecular flexibility index (Phi) is 12.8. The van der Waals surface area contributed by atoms with Crippen LogP contribution in [0.3, 0.4) is 0 Å². The van der Waals surface area contributed by atoms with Gasteiger partial charge in [-0.25, -0.2) is 0 Å². The number of nitrogens with one attached hydrogen (secondary N) is 2. The van der Waals surface area contributed by atoms with Gasteiger partial charge in [-0.1, -0.05) is 61.7 Å². The SMILES string of the molecule is Cc1ccc(C(=O)N(C)Cc2ccccn2)cc1C(=O)N[C@@H](CSc1ccc2ccccc2c1)[C@@H](O)CN1C[C@H]2CCCC[C@H]2C[C@H]1C(=O)NC(C)(C)C. The summed E-state index contributed by atoms with van der Waals surface area (Å²) in [6.45, 7) is 9.17. The number of nitrogens with zero attached hydrogens (tertiary/aromatic N) is 3. The zero-order valence-electron chi connectivity index (χ0n) is 32.3. The second-order valence-corrected chi connectivity index (χ2v) is 17.3. The molecule has 0 radical (unpaired) electrons. The van der Waals surface area contributed by atoms with Crippen molar-refractivity contribution in [2.24, 2.45) is 11.8 Å². The number of rotatable bonds is 12. The van der Waals surface area contributed by atoms with E-state index in [2.05, 4.69) is 50.8 Å². The second-order valence-electron chi connectivity index (χ2n) is 16.2. The molecule has 3 N–H and O–H groups in total. The number of aryl methyl sites for hydroxylation is 1. The topological polar surface area (TPSA) is 115 Å². The van der Waals surface area contributed by atoms with Crippen molar-refractivity contribution in [3.8, 4) is 0 Å². The van der Waals surface area contributed by atoms with E-state index in [9.17, 15) is 19.5 Å². The van der Waals surface area contributed by atoms with E-state index in [4.69, 9.17) is 0 Å². The number of pyridine rings is 1. The number of aromatic nitrogens is 1. The number of amides is 3. The zero-order valence-corrected chi connectivity index (χ0v) is 33.1. The van der Waals surface area contributed by atoms with Gasteiger partial charge in [0.05, 0.1) is 30.4 Å². The first kappa shape index (κ1) is 39.4. The maximum Gasteiger partial charge on any atom is 0.253 e. The molecule has 1 aliphatic carbocycles. The van der Waals surface area contributed by atoms with E-state index in [-0.39, 0.29) is 35.8 Å². The first-order valence-electron chi connectivity index (χ1n) is 19.3. The summed E-state index contributed by atoms with van der Waals surface area (Å²) < 4.78 is 0. The fourth-order valence-corrected chi connectivity index (χ4v) is 9.01. The molecule has 286 valence electrons. The van der Waals surface area contributed by atoms with Gasteiger partial charge >= 0.3 is 0 Å². The Labute approximate surface area is 324 Å².